The molecule has 0 unspecified atom stereocenters. The van der Waals surface area contributed by atoms with Crippen LogP contribution >= 0.6 is 15.9 Å². The van der Waals surface area contributed by atoms with Crippen molar-refractivity contribution in [2.75, 3.05) is 20.8 Å². The molecule has 3 rings (SSSR count). The Morgan fingerprint density at radius 1 is 1.11 bits per heavy atom. The fourth-order valence-electron chi connectivity index (χ4n) is 3.32. The maximum absolute atomic E-state index is 13.2. The molecule has 2 aromatic carbocycles. The number of carbonyl (C=O) groups excluding carboxylic acids is 1. The topological polar surface area (TPSA) is 101 Å². The Hall–Kier alpha value is -3.40. The molecule has 0 radical (unpaired) electrons. The van der Waals surface area contributed by atoms with E-state index in [1.54, 1.807) is 38.1 Å². The maximum atomic E-state index is 13.2. The van der Waals surface area contributed by atoms with Crippen molar-refractivity contribution in [3.63, 3.8) is 0 Å². The average molecular weight is 546 g/mol. The molecule has 1 aromatic heterocycles. The highest BCUT2D eigenvalue weighted by atomic mass is 79.9. The first-order valence-electron chi connectivity index (χ1n) is 11.0. The highest BCUT2D eigenvalue weighted by Gasteiger charge is 2.17. The molecule has 0 aliphatic carbocycles. The maximum Gasteiger partial charge on any atom is 0.344 e. The third kappa shape index (κ3) is 6.19. The van der Waals surface area contributed by atoms with Crippen LogP contribution in [0.25, 0.3) is 10.9 Å². The summed E-state index contributed by atoms with van der Waals surface area (Å²) < 4.78 is 23.7. The molecule has 0 bridgehead atoms. The van der Waals surface area contributed by atoms with E-state index < -0.39 is 5.97 Å². The van der Waals surface area contributed by atoms with Gasteiger partial charge in [0.05, 0.1) is 37.4 Å². The highest BCUT2D eigenvalue weighted by molar-refractivity contribution is 9.10. The van der Waals surface area contributed by atoms with Gasteiger partial charge in [0.15, 0.2) is 18.1 Å². The van der Waals surface area contributed by atoms with Crippen LogP contribution in [-0.4, -0.2) is 48.8 Å². The Balaban J connectivity index is 2.01. The normalized spacial score (nSPS) is 11.5. The van der Waals surface area contributed by atoms with Crippen LogP contribution in [0.5, 0.6) is 17.2 Å². The lowest BCUT2D eigenvalue weighted by molar-refractivity contribution is -0.149. The molecular formula is C25H28BrN3O6. The van der Waals surface area contributed by atoms with E-state index in [1.807, 2.05) is 19.9 Å². The van der Waals surface area contributed by atoms with Gasteiger partial charge in [0.2, 0.25) is 5.75 Å². The fraction of sp³-hybridized carbons (Fsp3) is 0.360. The van der Waals surface area contributed by atoms with Crippen LogP contribution in [0, 0.1) is 0 Å². The minimum Gasteiger partial charge on any atom is -0.493 e. The zero-order valence-corrected chi connectivity index (χ0v) is 22.1. The summed E-state index contributed by atoms with van der Waals surface area (Å²) in [6.07, 6.45) is 1.26. The summed E-state index contributed by atoms with van der Waals surface area (Å²) in [5.74, 6) is 0.901. The first kappa shape index (κ1) is 26.2. The molecule has 9 nitrogen and oxygen atoms in total. The number of fused-ring (bicyclic) bond motifs is 1. The predicted molar refractivity (Wildman–Crippen MR) is 137 cm³/mol. The van der Waals surface area contributed by atoms with Crippen LogP contribution < -0.4 is 19.8 Å². The standard InChI is InChI=1S/C25H28BrN3O6/c1-14(2)24-28-19-8-7-17(26)11-18(19)25(31)29(24)27-12-16-9-20(32-5)23(21(10-16)33-6)34-13-22(30)35-15(3)4/h7-12,14-15H,13H2,1-6H3. The first-order chi connectivity index (χ1) is 16.6. The third-order valence-corrected chi connectivity index (χ3v) is 5.35. The Morgan fingerprint density at radius 3 is 2.34 bits per heavy atom. The molecule has 35 heavy (non-hydrogen) atoms. The summed E-state index contributed by atoms with van der Waals surface area (Å²) >= 11 is 3.40. The van der Waals surface area contributed by atoms with Gasteiger partial charge in [-0.25, -0.2) is 9.78 Å². The van der Waals surface area contributed by atoms with Crippen molar-refractivity contribution in [3.05, 3.63) is 56.5 Å². The van der Waals surface area contributed by atoms with Gasteiger partial charge >= 0.3 is 5.97 Å². The molecule has 186 valence electrons. The van der Waals surface area contributed by atoms with E-state index in [9.17, 15) is 9.59 Å². The van der Waals surface area contributed by atoms with E-state index in [0.717, 1.165) is 4.47 Å². The van der Waals surface area contributed by atoms with Gasteiger partial charge in [-0.1, -0.05) is 29.8 Å². The number of aromatic nitrogens is 2. The molecule has 0 fully saturated rings. The molecule has 0 amide bonds. The summed E-state index contributed by atoms with van der Waals surface area (Å²) in [5.41, 5.74) is 0.916. The second-order valence-electron chi connectivity index (χ2n) is 8.23. The Labute approximate surface area is 211 Å². The van der Waals surface area contributed by atoms with Crippen molar-refractivity contribution >= 4 is 39.0 Å². The number of ether oxygens (including phenoxy) is 4. The van der Waals surface area contributed by atoms with E-state index in [-0.39, 0.29) is 29.9 Å². The van der Waals surface area contributed by atoms with E-state index in [1.165, 1.54) is 25.1 Å². The second kappa shape index (κ2) is 11.4. The number of hydrogen-bond donors (Lipinski definition) is 0. The van der Waals surface area contributed by atoms with Crippen molar-refractivity contribution in [2.45, 2.75) is 39.7 Å². The van der Waals surface area contributed by atoms with Gasteiger partial charge in [0.25, 0.3) is 5.56 Å². The van der Waals surface area contributed by atoms with Crippen molar-refractivity contribution in [2.24, 2.45) is 5.10 Å². The number of hydrogen-bond acceptors (Lipinski definition) is 8. The van der Waals surface area contributed by atoms with Crippen LogP contribution in [0.15, 0.2) is 44.7 Å². The summed E-state index contributed by atoms with van der Waals surface area (Å²) in [4.78, 5) is 29.8. The largest absolute Gasteiger partial charge is 0.493 e. The van der Waals surface area contributed by atoms with Gasteiger partial charge in [-0.15, -0.1) is 0 Å². The number of methoxy groups -OCH3 is 2. The minimum atomic E-state index is -0.509. The van der Waals surface area contributed by atoms with Crippen LogP contribution in [0.4, 0.5) is 0 Å². The second-order valence-corrected chi connectivity index (χ2v) is 9.15. The Morgan fingerprint density at radius 2 is 1.77 bits per heavy atom. The smallest absolute Gasteiger partial charge is 0.344 e. The van der Waals surface area contributed by atoms with Crippen molar-refractivity contribution in [3.8, 4) is 17.2 Å². The molecule has 0 saturated heterocycles. The predicted octanol–water partition coefficient (Wildman–Crippen LogP) is 4.51. The summed E-state index contributed by atoms with van der Waals surface area (Å²) in [7, 11) is 2.95. The van der Waals surface area contributed by atoms with Gasteiger partial charge in [-0.3, -0.25) is 4.79 Å². The lowest BCUT2D eigenvalue weighted by Gasteiger charge is -2.16. The molecular weight excluding hydrogens is 518 g/mol. The molecule has 10 heteroatoms. The fourth-order valence-corrected chi connectivity index (χ4v) is 3.68. The molecule has 0 aliphatic rings. The van der Waals surface area contributed by atoms with Crippen LogP contribution in [0.2, 0.25) is 0 Å². The molecule has 0 aliphatic heterocycles. The van der Waals surface area contributed by atoms with E-state index >= 15 is 0 Å². The van der Waals surface area contributed by atoms with E-state index in [0.29, 0.717) is 33.8 Å². The van der Waals surface area contributed by atoms with Crippen molar-refractivity contribution in [1.29, 1.82) is 0 Å². The minimum absolute atomic E-state index is 0.0432. The molecule has 0 saturated carbocycles. The van der Waals surface area contributed by atoms with Gasteiger partial charge in [-0.2, -0.15) is 9.78 Å². The van der Waals surface area contributed by atoms with Crippen LogP contribution in [0.1, 0.15) is 45.0 Å². The number of carbonyl (C=O) groups is 1. The number of esters is 1. The zero-order valence-electron chi connectivity index (χ0n) is 20.5. The SMILES string of the molecule is COc1cc(C=Nn2c(C(C)C)nc3ccc(Br)cc3c2=O)cc(OC)c1OCC(=O)OC(C)C. The van der Waals surface area contributed by atoms with Gasteiger partial charge in [-0.05, 0) is 44.2 Å². The van der Waals surface area contributed by atoms with Gasteiger partial charge in [0.1, 0.15) is 5.82 Å². The van der Waals surface area contributed by atoms with E-state index in [4.69, 9.17) is 18.9 Å². The molecule has 0 atom stereocenters. The van der Waals surface area contributed by atoms with Crippen LogP contribution in [0.3, 0.4) is 0 Å². The number of halogens is 1. The summed E-state index contributed by atoms with van der Waals surface area (Å²) in [6.45, 7) is 7.10. The number of benzene rings is 2. The molecule has 1 heterocycles. The lowest BCUT2D eigenvalue weighted by Crippen LogP contribution is -2.23. The molecule has 3 aromatic rings. The van der Waals surface area contributed by atoms with Crippen molar-refractivity contribution < 1.29 is 23.7 Å². The quantitative estimate of drug-likeness (QED) is 0.288. The van der Waals surface area contributed by atoms with Gasteiger partial charge < -0.3 is 18.9 Å². The first-order valence-corrected chi connectivity index (χ1v) is 11.8. The Kier molecular flexibility index (Phi) is 8.50. The summed E-state index contributed by atoms with van der Waals surface area (Å²) in [5, 5.41) is 4.89. The Bertz CT molecular complexity index is 1290. The third-order valence-electron chi connectivity index (χ3n) is 4.86. The van der Waals surface area contributed by atoms with E-state index in [2.05, 4.69) is 26.0 Å². The summed E-state index contributed by atoms with van der Waals surface area (Å²) in [6, 6.07) is 8.70. The molecule has 0 spiro atoms. The molecule has 0 N–H and O–H groups in total. The average Bonchev–Trinajstić information content (AvgIpc) is 2.81. The number of nitrogens with zero attached hydrogens (tertiary/aromatic N) is 3. The highest BCUT2D eigenvalue weighted by Crippen LogP contribution is 2.38. The number of rotatable bonds is 9. The van der Waals surface area contributed by atoms with Gasteiger partial charge in [0, 0.05) is 16.0 Å². The monoisotopic (exact) mass is 545 g/mol. The van der Waals surface area contributed by atoms with Crippen LogP contribution in [-0.2, 0) is 9.53 Å². The lowest BCUT2D eigenvalue weighted by atomic mass is 10.2. The zero-order chi connectivity index (χ0) is 25.7. The van der Waals surface area contributed by atoms with Crippen molar-refractivity contribution in [1.82, 2.24) is 9.66 Å².